The second-order valence-corrected chi connectivity index (χ2v) is 6.83. The van der Waals surface area contributed by atoms with Crippen molar-refractivity contribution in [2.45, 2.75) is 32.0 Å². The Morgan fingerprint density at radius 3 is 2.67 bits per heavy atom. The van der Waals surface area contributed by atoms with E-state index >= 15 is 0 Å². The van der Waals surface area contributed by atoms with Crippen molar-refractivity contribution in [1.29, 1.82) is 0 Å². The summed E-state index contributed by atoms with van der Waals surface area (Å²) in [4.78, 5) is 17.1. The Balaban J connectivity index is 2.20. The Morgan fingerprint density at radius 1 is 1.33 bits per heavy atom. The standard InChI is InChI=1S/C21H19F3N4O2/c1-5-20(3,6-2)27-19(29)15-12-25-28-17(21(22,23)24)11-16(26-18(15)28)13-8-7-9-14(10-13)30-4/h1,7-12H,6H2,2-4H3,(H,27,29). The molecule has 2 aromatic heterocycles. The predicted molar refractivity (Wildman–Crippen MR) is 105 cm³/mol. The number of amides is 1. The van der Waals surface area contributed by atoms with Crippen LogP contribution in [0.15, 0.2) is 36.5 Å². The third-order valence-corrected chi connectivity index (χ3v) is 4.79. The van der Waals surface area contributed by atoms with Crippen LogP contribution < -0.4 is 10.1 Å². The zero-order valence-corrected chi connectivity index (χ0v) is 16.5. The van der Waals surface area contributed by atoms with Crippen LogP contribution in [-0.4, -0.2) is 33.2 Å². The van der Waals surface area contributed by atoms with Crippen molar-refractivity contribution in [3.8, 4) is 29.4 Å². The van der Waals surface area contributed by atoms with E-state index < -0.39 is 23.3 Å². The van der Waals surface area contributed by atoms with E-state index in [0.717, 1.165) is 12.3 Å². The summed E-state index contributed by atoms with van der Waals surface area (Å²) >= 11 is 0. The number of alkyl halides is 3. The molecule has 6 nitrogen and oxygen atoms in total. The van der Waals surface area contributed by atoms with Gasteiger partial charge in [-0.05, 0) is 31.5 Å². The van der Waals surface area contributed by atoms with Gasteiger partial charge in [0.1, 0.15) is 11.3 Å². The van der Waals surface area contributed by atoms with Gasteiger partial charge in [0.25, 0.3) is 5.91 Å². The molecule has 1 N–H and O–H groups in total. The molecule has 0 fully saturated rings. The van der Waals surface area contributed by atoms with E-state index in [1.807, 2.05) is 0 Å². The lowest BCUT2D eigenvalue weighted by molar-refractivity contribution is -0.142. The molecule has 3 aromatic rings. The molecule has 0 bridgehead atoms. The zero-order valence-electron chi connectivity index (χ0n) is 16.5. The molecule has 0 spiro atoms. The number of nitrogens with zero attached hydrogens (tertiary/aromatic N) is 3. The van der Waals surface area contributed by atoms with Crippen LogP contribution in [0.25, 0.3) is 16.9 Å². The summed E-state index contributed by atoms with van der Waals surface area (Å²) in [5.41, 5.74) is -1.92. The molecule has 2 heterocycles. The molecule has 30 heavy (non-hydrogen) atoms. The largest absolute Gasteiger partial charge is 0.497 e. The molecule has 1 atom stereocenters. The molecule has 0 aliphatic rings. The third kappa shape index (κ3) is 3.94. The number of carbonyl (C=O) groups excluding carboxylic acids is 1. The first-order chi connectivity index (χ1) is 14.1. The molecule has 0 aliphatic heterocycles. The van der Waals surface area contributed by atoms with E-state index in [2.05, 4.69) is 21.3 Å². The van der Waals surface area contributed by atoms with E-state index in [-0.39, 0.29) is 16.9 Å². The lowest BCUT2D eigenvalue weighted by atomic mass is 10.00. The molecular weight excluding hydrogens is 397 g/mol. The van der Waals surface area contributed by atoms with Crippen LogP contribution in [0, 0.1) is 12.3 Å². The fraction of sp³-hybridized carbons (Fsp3) is 0.286. The summed E-state index contributed by atoms with van der Waals surface area (Å²) in [6.07, 6.45) is 2.25. The summed E-state index contributed by atoms with van der Waals surface area (Å²) in [6.45, 7) is 3.43. The van der Waals surface area contributed by atoms with E-state index in [4.69, 9.17) is 11.2 Å². The van der Waals surface area contributed by atoms with Crippen LogP contribution in [0.2, 0.25) is 0 Å². The number of ether oxygens (including phenoxy) is 1. The second-order valence-electron chi connectivity index (χ2n) is 6.83. The van der Waals surface area contributed by atoms with Crippen LogP contribution in [0.1, 0.15) is 36.3 Å². The topological polar surface area (TPSA) is 68.5 Å². The van der Waals surface area contributed by atoms with E-state index in [0.29, 0.717) is 22.2 Å². The highest BCUT2D eigenvalue weighted by atomic mass is 19.4. The van der Waals surface area contributed by atoms with Gasteiger partial charge in [0.15, 0.2) is 11.3 Å². The van der Waals surface area contributed by atoms with Crippen molar-refractivity contribution < 1.29 is 22.7 Å². The van der Waals surface area contributed by atoms with Gasteiger partial charge < -0.3 is 10.1 Å². The van der Waals surface area contributed by atoms with E-state index in [9.17, 15) is 18.0 Å². The van der Waals surface area contributed by atoms with Crippen molar-refractivity contribution in [3.63, 3.8) is 0 Å². The Bertz CT molecular complexity index is 1150. The number of halogens is 3. The fourth-order valence-corrected chi connectivity index (χ4v) is 2.80. The number of terminal acetylenes is 1. The van der Waals surface area contributed by atoms with Crippen molar-refractivity contribution in [2.24, 2.45) is 0 Å². The smallest absolute Gasteiger partial charge is 0.433 e. The summed E-state index contributed by atoms with van der Waals surface area (Å²) in [5.74, 6) is 2.28. The molecular formula is C21H19F3N4O2. The normalized spacial score (nSPS) is 13.5. The number of fused-ring (bicyclic) bond motifs is 1. The summed E-state index contributed by atoms with van der Waals surface area (Å²) in [5, 5.41) is 6.41. The van der Waals surface area contributed by atoms with Gasteiger partial charge in [-0.25, -0.2) is 9.50 Å². The summed E-state index contributed by atoms with van der Waals surface area (Å²) < 4.78 is 46.9. The molecule has 1 aromatic carbocycles. The van der Waals surface area contributed by atoms with Crippen molar-refractivity contribution in [3.05, 3.63) is 47.8 Å². The first-order valence-corrected chi connectivity index (χ1v) is 9.02. The highest BCUT2D eigenvalue weighted by molar-refractivity contribution is 6.00. The average molecular weight is 416 g/mol. The number of carbonyl (C=O) groups is 1. The van der Waals surface area contributed by atoms with E-state index in [1.165, 1.54) is 7.11 Å². The van der Waals surface area contributed by atoms with Gasteiger partial charge in [-0.3, -0.25) is 4.79 Å². The number of benzene rings is 1. The van der Waals surface area contributed by atoms with Gasteiger partial charge in [-0.15, -0.1) is 6.42 Å². The van der Waals surface area contributed by atoms with Gasteiger partial charge in [-0.1, -0.05) is 25.0 Å². The lowest BCUT2D eigenvalue weighted by Gasteiger charge is -2.23. The molecule has 0 radical (unpaired) electrons. The van der Waals surface area contributed by atoms with Gasteiger partial charge >= 0.3 is 6.18 Å². The van der Waals surface area contributed by atoms with Crippen molar-refractivity contribution in [2.75, 3.05) is 7.11 Å². The number of aromatic nitrogens is 3. The number of rotatable bonds is 5. The molecule has 1 unspecified atom stereocenters. The fourth-order valence-electron chi connectivity index (χ4n) is 2.80. The number of hydrogen-bond acceptors (Lipinski definition) is 4. The number of nitrogens with one attached hydrogen (secondary N) is 1. The second kappa shape index (κ2) is 7.71. The Kier molecular flexibility index (Phi) is 5.44. The average Bonchev–Trinajstić information content (AvgIpc) is 3.16. The van der Waals surface area contributed by atoms with Crippen LogP contribution in [0.4, 0.5) is 13.2 Å². The van der Waals surface area contributed by atoms with Crippen LogP contribution >= 0.6 is 0 Å². The maximum atomic E-state index is 13.7. The third-order valence-electron chi connectivity index (χ3n) is 4.79. The van der Waals surface area contributed by atoms with Gasteiger partial charge in [-0.2, -0.15) is 18.3 Å². The predicted octanol–water partition coefficient (Wildman–Crippen LogP) is 3.96. The molecule has 9 heteroatoms. The molecule has 1 amide bonds. The van der Waals surface area contributed by atoms with Crippen LogP contribution in [-0.2, 0) is 6.18 Å². The minimum atomic E-state index is -4.72. The Hall–Kier alpha value is -3.54. The van der Waals surface area contributed by atoms with Crippen molar-refractivity contribution in [1.82, 2.24) is 19.9 Å². The number of hydrogen-bond donors (Lipinski definition) is 1. The SMILES string of the molecule is C#CC(C)(CC)NC(=O)c1cnn2c(C(F)(F)F)cc(-c3cccc(OC)c3)nc12. The Labute approximate surface area is 171 Å². The minimum absolute atomic E-state index is 0.0264. The Morgan fingerprint density at radius 2 is 2.07 bits per heavy atom. The molecule has 0 saturated carbocycles. The quantitative estimate of drug-likeness (QED) is 0.640. The van der Waals surface area contributed by atoms with Crippen molar-refractivity contribution >= 4 is 11.6 Å². The van der Waals surface area contributed by atoms with Gasteiger partial charge in [0.05, 0.1) is 24.5 Å². The van der Waals surface area contributed by atoms with Gasteiger partial charge in [0.2, 0.25) is 0 Å². The molecule has 156 valence electrons. The van der Waals surface area contributed by atoms with Crippen LogP contribution in [0.3, 0.4) is 0 Å². The van der Waals surface area contributed by atoms with Crippen LogP contribution in [0.5, 0.6) is 5.75 Å². The molecule has 3 rings (SSSR count). The lowest BCUT2D eigenvalue weighted by Crippen LogP contribution is -2.44. The molecule has 0 saturated heterocycles. The maximum absolute atomic E-state index is 13.7. The summed E-state index contributed by atoms with van der Waals surface area (Å²) in [6, 6.07) is 7.34. The van der Waals surface area contributed by atoms with Gasteiger partial charge in [0, 0.05) is 5.56 Å². The highest BCUT2D eigenvalue weighted by Gasteiger charge is 2.36. The number of methoxy groups -OCH3 is 1. The highest BCUT2D eigenvalue weighted by Crippen LogP contribution is 2.33. The van der Waals surface area contributed by atoms with E-state index in [1.54, 1.807) is 38.1 Å². The maximum Gasteiger partial charge on any atom is 0.433 e. The zero-order chi connectivity index (χ0) is 22.1. The first-order valence-electron chi connectivity index (χ1n) is 9.02. The summed E-state index contributed by atoms with van der Waals surface area (Å²) in [7, 11) is 1.45. The molecule has 0 aliphatic carbocycles. The minimum Gasteiger partial charge on any atom is -0.497 e. The monoisotopic (exact) mass is 416 g/mol. The first kappa shape index (κ1) is 21.2.